The summed E-state index contributed by atoms with van der Waals surface area (Å²) in [5.74, 6) is -4.03. The predicted molar refractivity (Wildman–Crippen MR) is 205 cm³/mol. The largest absolute Gasteiger partial charge is 0.458 e. The van der Waals surface area contributed by atoms with Gasteiger partial charge in [-0.15, -0.1) is 0 Å². The van der Waals surface area contributed by atoms with Crippen LogP contribution in [0.5, 0.6) is 0 Å². The SMILES string of the molecule is CC(=O)O[C@@]12CO[C@@H]1C[C@H](O)[C@@]1(C)C(=O)[C@H](O)C3=C(C)[C@@H](OC(=O)C[C@@H](NC(=O)OC(C)(C)C)c4ccccc4)C[C@@](C)([C@@H](OC(=O)c4ccccc4)[C@H]21)C3(C)C. The molecular weight excluding hydrogens is 734 g/mol. The van der Waals surface area contributed by atoms with Crippen LogP contribution < -0.4 is 5.32 Å². The maximum atomic E-state index is 15.0. The minimum absolute atomic E-state index is 0.0363. The van der Waals surface area contributed by atoms with E-state index in [9.17, 15) is 29.4 Å². The number of nitrogens with one attached hydrogen (secondary N) is 1. The maximum absolute atomic E-state index is 15.0. The molecule has 2 aromatic rings. The standard InChI is InChI=1S/C44H55NO12/c1-24-29(54-32(48)20-28(26-16-12-10-13-17-26)45-39(52)57-40(3,4)5)22-42(8)37(55-38(51)27-18-14-11-15-19-27)35-43(9,36(50)34(49)33(24)41(42,6)7)30(47)21-31-44(35,23-53-31)56-25(2)46/h10-19,28-31,34-35,37,47,49H,20-23H2,1-9H3,(H,45,52)/t28-,29+,30+,31-,34-,35+,37+,42+,43-,44+/m1/s1. The monoisotopic (exact) mass is 789 g/mol. The molecule has 0 unspecified atom stereocenters. The Kier molecular flexibility index (Phi) is 11.0. The third-order valence-electron chi connectivity index (χ3n) is 13.1. The summed E-state index contributed by atoms with van der Waals surface area (Å²) in [4.78, 5) is 69.1. The number of hydrogen-bond donors (Lipinski definition) is 3. The van der Waals surface area contributed by atoms with Crippen LogP contribution in [-0.4, -0.2) is 88.3 Å². The molecule has 4 aliphatic rings. The molecule has 308 valence electrons. The normalized spacial score (nSPS) is 33.5. The Morgan fingerprint density at radius 3 is 2.12 bits per heavy atom. The second-order valence-electron chi connectivity index (χ2n) is 18.0. The molecule has 2 aromatic carbocycles. The number of aliphatic hydroxyl groups is 2. The van der Waals surface area contributed by atoms with Crippen LogP contribution >= 0.6 is 0 Å². The van der Waals surface area contributed by atoms with Crippen LogP contribution in [0.2, 0.25) is 0 Å². The van der Waals surface area contributed by atoms with Gasteiger partial charge in [0.25, 0.3) is 0 Å². The van der Waals surface area contributed by atoms with Crippen molar-refractivity contribution in [2.75, 3.05) is 6.61 Å². The Labute approximate surface area is 333 Å². The second-order valence-corrected chi connectivity index (χ2v) is 18.0. The molecule has 0 spiro atoms. The van der Waals surface area contributed by atoms with E-state index in [0.29, 0.717) is 11.1 Å². The summed E-state index contributed by atoms with van der Waals surface area (Å²) >= 11 is 0. The topological polar surface area (TPSA) is 184 Å². The van der Waals surface area contributed by atoms with Gasteiger partial charge in [0.15, 0.2) is 11.4 Å². The number of rotatable bonds is 8. The second kappa shape index (κ2) is 15.0. The summed E-state index contributed by atoms with van der Waals surface area (Å²) in [7, 11) is 0. The maximum Gasteiger partial charge on any atom is 0.408 e. The van der Waals surface area contributed by atoms with Crippen LogP contribution in [0.4, 0.5) is 4.79 Å². The lowest BCUT2D eigenvalue weighted by atomic mass is 9.42. The quantitative estimate of drug-likeness (QED) is 0.172. The van der Waals surface area contributed by atoms with E-state index in [4.69, 9.17) is 23.7 Å². The van der Waals surface area contributed by atoms with Crippen molar-refractivity contribution in [1.82, 2.24) is 5.32 Å². The summed E-state index contributed by atoms with van der Waals surface area (Å²) in [6, 6.07) is 16.4. The molecule has 13 nitrogen and oxygen atoms in total. The number of fused-ring (bicyclic) bond motifs is 5. The summed E-state index contributed by atoms with van der Waals surface area (Å²) in [6.07, 6.45) is -7.39. The first-order valence-corrected chi connectivity index (χ1v) is 19.5. The van der Waals surface area contributed by atoms with Crippen molar-refractivity contribution in [3.63, 3.8) is 0 Å². The van der Waals surface area contributed by atoms with Crippen molar-refractivity contribution in [2.24, 2.45) is 22.2 Å². The zero-order valence-electron chi connectivity index (χ0n) is 34.1. The average molecular weight is 790 g/mol. The Bertz CT molecular complexity index is 1940. The molecule has 3 fully saturated rings. The van der Waals surface area contributed by atoms with E-state index < -0.39 is 99.7 Å². The lowest BCUT2D eigenvalue weighted by Crippen LogP contribution is -2.80. The van der Waals surface area contributed by atoms with Gasteiger partial charge in [-0.3, -0.25) is 14.4 Å². The molecule has 10 atom stereocenters. The molecule has 6 rings (SSSR count). The number of hydrogen-bond acceptors (Lipinski definition) is 12. The molecule has 0 aromatic heterocycles. The summed E-state index contributed by atoms with van der Waals surface area (Å²) < 4.78 is 30.4. The Morgan fingerprint density at radius 1 is 0.947 bits per heavy atom. The van der Waals surface area contributed by atoms with Gasteiger partial charge in [0, 0.05) is 18.8 Å². The fourth-order valence-corrected chi connectivity index (χ4v) is 9.84. The van der Waals surface area contributed by atoms with E-state index in [1.807, 2.05) is 26.8 Å². The average Bonchev–Trinajstić information content (AvgIpc) is 3.12. The van der Waals surface area contributed by atoms with Crippen molar-refractivity contribution in [3.8, 4) is 0 Å². The van der Waals surface area contributed by atoms with Crippen LogP contribution in [0.25, 0.3) is 0 Å². The Hall–Kier alpha value is -4.59. The van der Waals surface area contributed by atoms with Crippen LogP contribution in [-0.2, 0) is 38.1 Å². The number of benzene rings is 2. The number of aliphatic hydroxyl groups excluding tert-OH is 2. The van der Waals surface area contributed by atoms with E-state index in [1.54, 1.807) is 82.3 Å². The molecule has 0 radical (unpaired) electrons. The van der Waals surface area contributed by atoms with E-state index in [-0.39, 0.29) is 37.0 Å². The highest BCUT2D eigenvalue weighted by Gasteiger charge is 2.77. The molecule has 13 heteroatoms. The molecule has 2 bridgehead atoms. The highest BCUT2D eigenvalue weighted by atomic mass is 16.6. The smallest absolute Gasteiger partial charge is 0.408 e. The molecule has 1 heterocycles. The van der Waals surface area contributed by atoms with Gasteiger partial charge in [-0.1, -0.05) is 69.3 Å². The van der Waals surface area contributed by atoms with Crippen LogP contribution in [0.1, 0.15) is 104 Å². The number of carbonyl (C=O) groups excluding carboxylic acids is 5. The zero-order valence-corrected chi connectivity index (χ0v) is 34.1. The van der Waals surface area contributed by atoms with E-state index in [1.165, 1.54) is 13.8 Å². The molecule has 3 N–H and O–H groups in total. The van der Waals surface area contributed by atoms with E-state index in [2.05, 4.69) is 5.32 Å². The van der Waals surface area contributed by atoms with Gasteiger partial charge >= 0.3 is 24.0 Å². The lowest BCUT2D eigenvalue weighted by Gasteiger charge is -2.68. The number of Topliss-reactive ketones (excluding diaryl/α,β-unsaturated/α-hetero) is 1. The minimum Gasteiger partial charge on any atom is -0.458 e. The van der Waals surface area contributed by atoms with E-state index in [0.717, 1.165) is 0 Å². The summed E-state index contributed by atoms with van der Waals surface area (Å²) in [6.45, 7) is 15.0. The van der Waals surface area contributed by atoms with Gasteiger partial charge in [0.2, 0.25) is 0 Å². The fourth-order valence-electron chi connectivity index (χ4n) is 9.84. The summed E-state index contributed by atoms with van der Waals surface area (Å²) in [5.41, 5.74) is -4.94. The van der Waals surface area contributed by atoms with Crippen LogP contribution in [0.15, 0.2) is 71.8 Å². The first-order valence-electron chi connectivity index (χ1n) is 19.5. The van der Waals surface area contributed by atoms with Crippen molar-refractivity contribution in [1.29, 1.82) is 0 Å². The highest BCUT2D eigenvalue weighted by molar-refractivity contribution is 5.94. The first-order chi connectivity index (χ1) is 26.6. The summed E-state index contributed by atoms with van der Waals surface area (Å²) in [5, 5.41) is 27.0. The predicted octanol–water partition coefficient (Wildman–Crippen LogP) is 5.56. The van der Waals surface area contributed by atoms with Crippen molar-refractivity contribution >= 4 is 29.8 Å². The Balaban J connectivity index is 1.47. The number of esters is 3. The number of ether oxygens (including phenoxy) is 5. The van der Waals surface area contributed by atoms with Crippen molar-refractivity contribution < 1.29 is 57.9 Å². The van der Waals surface area contributed by atoms with Crippen molar-refractivity contribution in [2.45, 2.75) is 129 Å². The molecule has 57 heavy (non-hydrogen) atoms. The molecular formula is C44H55NO12. The molecule has 3 aliphatic carbocycles. The molecule has 1 amide bonds. The third kappa shape index (κ3) is 7.27. The highest BCUT2D eigenvalue weighted by Crippen LogP contribution is 2.67. The number of carbonyl (C=O) groups is 5. The van der Waals surface area contributed by atoms with Gasteiger partial charge in [0.05, 0.1) is 42.1 Å². The molecule has 2 saturated carbocycles. The van der Waals surface area contributed by atoms with Gasteiger partial charge in [0.1, 0.15) is 30.0 Å². The Morgan fingerprint density at radius 2 is 1.56 bits per heavy atom. The van der Waals surface area contributed by atoms with Gasteiger partial charge < -0.3 is 39.2 Å². The number of amides is 1. The lowest BCUT2D eigenvalue weighted by molar-refractivity contribution is -0.340. The van der Waals surface area contributed by atoms with Gasteiger partial charge in [-0.25, -0.2) is 9.59 Å². The van der Waals surface area contributed by atoms with Crippen LogP contribution in [0.3, 0.4) is 0 Å². The fraction of sp³-hybridized carbons (Fsp3) is 0.568. The van der Waals surface area contributed by atoms with Crippen molar-refractivity contribution in [3.05, 3.63) is 82.9 Å². The van der Waals surface area contributed by atoms with Gasteiger partial charge in [-0.05, 0) is 75.3 Å². The minimum atomic E-state index is -1.81. The molecule has 1 saturated heterocycles. The zero-order chi connectivity index (χ0) is 41.9. The number of alkyl carbamates (subject to hydrolysis) is 1. The molecule has 1 aliphatic heterocycles. The first kappa shape index (κ1) is 42.0. The third-order valence-corrected chi connectivity index (χ3v) is 13.1. The number of ketones is 1. The van der Waals surface area contributed by atoms with Gasteiger partial charge in [-0.2, -0.15) is 0 Å². The van der Waals surface area contributed by atoms with E-state index >= 15 is 4.79 Å². The van der Waals surface area contributed by atoms with Crippen LogP contribution in [0, 0.1) is 22.2 Å².